The Kier molecular flexibility index (Phi) is 8.06. The number of nitrogens with one attached hydrogen (secondary N) is 1. The van der Waals surface area contributed by atoms with E-state index in [0.717, 1.165) is 0 Å². The first-order chi connectivity index (χ1) is 18.8. The topological polar surface area (TPSA) is 147 Å². The quantitative estimate of drug-likeness (QED) is 0.256. The lowest BCUT2D eigenvalue weighted by Crippen LogP contribution is -2.29. The molecule has 2 atom stereocenters. The summed E-state index contributed by atoms with van der Waals surface area (Å²) in [6, 6.07) is 10.9. The monoisotopic (exact) mass is 537 g/mol. The Bertz CT molecular complexity index is 1370. The fourth-order valence-electron chi connectivity index (χ4n) is 5.05. The lowest BCUT2D eigenvalue weighted by Gasteiger charge is -2.36. The molecule has 3 aromatic carbocycles. The smallest absolute Gasteiger partial charge is 0.251 e. The number of amides is 1. The van der Waals surface area contributed by atoms with Crippen LogP contribution in [0.1, 0.15) is 29.0 Å². The van der Waals surface area contributed by atoms with Gasteiger partial charge in [-0.15, -0.1) is 0 Å². The number of hydrogen-bond donors (Lipinski definition) is 5. The molecule has 0 saturated heterocycles. The predicted molar refractivity (Wildman–Crippen MR) is 144 cm³/mol. The molecular formula is C29H31NO9. The second-order valence-corrected chi connectivity index (χ2v) is 8.93. The van der Waals surface area contributed by atoms with Gasteiger partial charge in [0.05, 0.1) is 28.4 Å². The highest BCUT2D eigenvalue weighted by Crippen LogP contribution is 2.54. The third kappa shape index (κ3) is 5.10. The van der Waals surface area contributed by atoms with Gasteiger partial charge in [-0.25, -0.2) is 0 Å². The van der Waals surface area contributed by atoms with E-state index in [-0.39, 0.29) is 53.3 Å². The average molecular weight is 538 g/mol. The minimum Gasteiger partial charge on any atom is -0.508 e. The Hall–Kier alpha value is -4.57. The Morgan fingerprint density at radius 2 is 1.44 bits per heavy atom. The lowest BCUT2D eigenvalue weighted by molar-refractivity contribution is -0.113. The van der Waals surface area contributed by atoms with Gasteiger partial charge >= 0.3 is 0 Å². The van der Waals surface area contributed by atoms with Gasteiger partial charge in [-0.1, -0.05) is 0 Å². The summed E-state index contributed by atoms with van der Waals surface area (Å²) in [5.74, 6) is -1.40. The maximum absolute atomic E-state index is 13.7. The Morgan fingerprint density at radius 3 is 1.97 bits per heavy atom. The molecule has 0 aromatic heterocycles. The minimum absolute atomic E-state index is 0.0613. The Morgan fingerprint density at radius 1 is 0.846 bits per heavy atom. The lowest BCUT2D eigenvalue weighted by atomic mass is 9.69. The molecule has 0 radical (unpaired) electrons. The summed E-state index contributed by atoms with van der Waals surface area (Å²) < 4.78 is 21.8. The first-order valence-electron chi connectivity index (χ1n) is 12.1. The summed E-state index contributed by atoms with van der Waals surface area (Å²) in [6.07, 6.45) is 1.86. The van der Waals surface area contributed by atoms with Crippen LogP contribution in [0.4, 0.5) is 5.69 Å². The average Bonchev–Trinajstić information content (AvgIpc) is 2.94. The molecule has 4 rings (SSSR count). The molecule has 10 heteroatoms. The number of phenols is 3. The van der Waals surface area contributed by atoms with Gasteiger partial charge in [0.1, 0.15) is 5.75 Å². The highest BCUT2D eigenvalue weighted by atomic mass is 16.5. The van der Waals surface area contributed by atoms with Crippen molar-refractivity contribution >= 4 is 17.7 Å². The van der Waals surface area contributed by atoms with Crippen LogP contribution in [0.2, 0.25) is 0 Å². The number of benzene rings is 3. The molecule has 1 aliphatic rings. The summed E-state index contributed by atoms with van der Waals surface area (Å²) in [4.78, 5) is 13.7. The van der Waals surface area contributed by atoms with Crippen molar-refractivity contribution in [3.63, 3.8) is 0 Å². The molecule has 10 nitrogen and oxygen atoms in total. The second-order valence-electron chi connectivity index (χ2n) is 8.93. The second kappa shape index (κ2) is 11.4. The van der Waals surface area contributed by atoms with Crippen molar-refractivity contribution in [2.75, 3.05) is 40.4 Å². The van der Waals surface area contributed by atoms with Crippen molar-refractivity contribution < 1.29 is 44.2 Å². The summed E-state index contributed by atoms with van der Waals surface area (Å²) in [6.45, 7) is -0.239. The molecule has 39 heavy (non-hydrogen) atoms. The highest BCUT2D eigenvalue weighted by Gasteiger charge is 2.40. The highest BCUT2D eigenvalue weighted by molar-refractivity contribution is 6.08. The molecule has 0 saturated carbocycles. The van der Waals surface area contributed by atoms with E-state index in [1.807, 2.05) is 0 Å². The number of rotatable bonds is 9. The fraction of sp³-hybridized carbons (Fsp3) is 0.276. The van der Waals surface area contributed by atoms with Crippen molar-refractivity contribution in [1.82, 2.24) is 0 Å². The summed E-state index contributed by atoms with van der Waals surface area (Å²) in [5.41, 5.74) is 2.54. The number of ether oxygens (including phenoxy) is 4. The molecule has 0 heterocycles. The van der Waals surface area contributed by atoms with E-state index in [2.05, 4.69) is 5.32 Å². The zero-order chi connectivity index (χ0) is 28.3. The molecule has 1 aliphatic carbocycles. The molecule has 0 fully saturated rings. The van der Waals surface area contributed by atoms with Crippen molar-refractivity contribution in [2.45, 2.75) is 12.3 Å². The van der Waals surface area contributed by atoms with Crippen molar-refractivity contribution in [2.24, 2.45) is 5.92 Å². The van der Waals surface area contributed by atoms with E-state index in [1.165, 1.54) is 40.6 Å². The maximum Gasteiger partial charge on any atom is 0.251 e. The molecule has 0 unspecified atom stereocenters. The molecule has 206 valence electrons. The van der Waals surface area contributed by atoms with Gasteiger partial charge in [-0.2, -0.15) is 0 Å². The number of aromatic hydroxyl groups is 3. The first kappa shape index (κ1) is 27.5. The van der Waals surface area contributed by atoms with E-state index < -0.39 is 17.7 Å². The van der Waals surface area contributed by atoms with Gasteiger partial charge in [0.25, 0.3) is 5.91 Å². The number of aliphatic hydroxyl groups is 1. The van der Waals surface area contributed by atoms with Crippen LogP contribution >= 0.6 is 0 Å². The number of carbonyl (C=O) groups excluding carboxylic acids is 1. The molecular weight excluding hydrogens is 506 g/mol. The van der Waals surface area contributed by atoms with Crippen molar-refractivity contribution in [1.29, 1.82) is 0 Å². The SMILES string of the molecule is COc1cc([C@@H]2c3c(cc(OC)c(O)c3OC)C=C(C(=O)Nc3ccc(O)cc3)[C@H]2CCO)cc(OC)c1O. The van der Waals surface area contributed by atoms with Crippen LogP contribution in [0.25, 0.3) is 6.08 Å². The third-order valence-electron chi connectivity index (χ3n) is 6.83. The minimum atomic E-state index is -0.645. The van der Waals surface area contributed by atoms with Crippen LogP contribution in [0.5, 0.6) is 40.2 Å². The van der Waals surface area contributed by atoms with Crippen LogP contribution in [0.15, 0.2) is 48.0 Å². The van der Waals surface area contributed by atoms with Crippen LogP contribution in [0.3, 0.4) is 0 Å². The zero-order valence-electron chi connectivity index (χ0n) is 22.0. The van der Waals surface area contributed by atoms with Crippen molar-refractivity contribution in [3.8, 4) is 40.2 Å². The predicted octanol–water partition coefficient (Wildman–Crippen LogP) is 4.00. The van der Waals surface area contributed by atoms with Crippen LogP contribution in [-0.4, -0.2) is 61.4 Å². The van der Waals surface area contributed by atoms with Gasteiger partial charge < -0.3 is 44.7 Å². The van der Waals surface area contributed by atoms with E-state index in [0.29, 0.717) is 28.0 Å². The third-order valence-corrected chi connectivity index (χ3v) is 6.83. The number of methoxy groups -OCH3 is 4. The van der Waals surface area contributed by atoms with Gasteiger partial charge in [0.2, 0.25) is 11.5 Å². The van der Waals surface area contributed by atoms with E-state index >= 15 is 0 Å². The van der Waals surface area contributed by atoms with Crippen LogP contribution in [0, 0.1) is 5.92 Å². The van der Waals surface area contributed by atoms with E-state index in [9.17, 15) is 25.2 Å². The summed E-state index contributed by atoms with van der Waals surface area (Å²) in [7, 11) is 5.65. The summed E-state index contributed by atoms with van der Waals surface area (Å²) >= 11 is 0. The Labute approximate surface area is 225 Å². The number of aliphatic hydroxyl groups excluding tert-OH is 1. The molecule has 5 N–H and O–H groups in total. The largest absolute Gasteiger partial charge is 0.508 e. The number of fused-ring (bicyclic) bond motifs is 1. The van der Waals surface area contributed by atoms with Gasteiger partial charge in [0, 0.05) is 35.3 Å². The van der Waals surface area contributed by atoms with Gasteiger partial charge in [-0.05, 0) is 66.1 Å². The standard InChI is InChI=1S/C29H31NO9/c1-36-21-13-16(14-22(37-2)26(21)33)24-19(9-10-31)20(29(35)30-17-5-7-18(32)8-6-17)11-15-12-23(38-3)27(34)28(39-4)25(15)24/h5-8,11-14,19,24,31-34H,9-10H2,1-4H3,(H,30,35)/t19-,24+/m1/s1. The van der Waals surface area contributed by atoms with Crippen LogP contribution < -0.4 is 24.3 Å². The number of hydrogen-bond acceptors (Lipinski definition) is 9. The van der Waals surface area contributed by atoms with E-state index in [4.69, 9.17) is 18.9 Å². The molecule has 3 aromatic rings. The van der Waals surface area contributed by atoms with Crippen LogP contribution in [-0.2, 0) is 4.79 Å². The number of carbonyl (C=O) groups is 1. The van der Waals surface area contributed by atoms with Crippen molar-refractivity contribution in [3.05, 3.63) is 64.7 Å². The molecule has 0 bridgehead atoms. The Balaban J connectivity index is 1.98. The number of phenolic OH excluding ortho intramolecular Hbond substituents is 3. The molecule has 1 amide bonds. The van der Waals surface area contributed by atoms with Gasteiger partial charge in [0.15, 0.2) is 23.0 Å². The maximum atomic E-state index is 13.7. The molecule has 0 aliphatic heterocycles. The van der Waals surface area contributed by atoms with Gasteiger partial charge in [-0.3, -0.25) is 4.79 Å². The van der Waals surface area contributed by atoms with E-state index in [1.54, 1.807) is 36.4 Å². The summed E-state index contributed by atoms with van der Waals surface area (Å²) in [5, 5.41) is 44.1. The zero-order valence-corrected chi connectivity index (χ0v) is 22.0. The molecule has 0 spiro atoms. The fourth-order valence-corrected chi connectivity index (χ4v) is 5.05. The first-order valence-corrected chi connectivity index (χ1v) is 12.1. The number of anilines is 1. The normalized spacial score (nSPS) is 16.1.